The third kappa shape index (κ3) is 2.12. The Morgan fingerprint density at radius 1 is 1.67 bits per heavy atom. The minimum Gasteiger partial charge on any atom is -0.481 e. The van der Waals surface area contributed by atoms with E-state index in [4.69, 9.17) is 5.11 Å². The molecule has 1 rings (SSSR count). The number of carbonyl (C=O) groups is 1. The second kappa shape index (κ2) is 4.07. The monoisotopic (exact) mass is 213 g/mol. The van der Waals surface area contributed by atoms with E-state index in [0.717, 1.165) is 0 Å². The van der Waals surface area contributed by atoms with Gasteiger partial charge in [-0.25, -0.2) is 0 Å². The van der Waals surface area contributed by atoms with Crippen molar-refractivity contribution < 1.29 is 14.8 Å². The molecule has 82 valence electrons. The van der Waals surface area contributed by atoms with Crippen molar-refractivity contribution in [2.75, 3.05) is 0 Å². The van der Waals surface area contributed by atoms with Gasteiger partial charge in [0, 0.05) is 0 Å². The number of hydrogen-bond acceptors (Lipinski definition) is 4. The van der Waals surface area contributed by atoms with E-state index in [1.807, 2.05) is 0 Å². The molecule has 7 nitrogen and oxygen atoms in total. The van der Waals surface area contributed by atoms with Crippen LogP contribution in [0, 0.1) is 16.0 Å². The van der Waals surface area contributed by atoms with E-state index in [-0.39, 0.29) is 17.3 Å². The van der Waals surface area contributed by atoms with Crippen LogP contribution in [0.1, 0.15) is 25.3 Å². The Balaban J connectivity index is 3.17. The number of aliphatic carboxylic acids is 1. The summed E-state index contributed by atoms with van der Waals surface area (Å²) in [5.41, 5.74) is 0.113. The lowest BCUT2D eigenvalue weighted by molar-refractivity contribution is -0.390. The van der Waals surface area contributed by atoms with Gasteiger partial charge in [-0.15, -0.1) is 5.10 Å². The molecule has 0 aliphatic heterocycles. The van der Waals surface area contributed by atoms with Crippen LogP contribution in [-0.4, -0.2) is 26.2 Å². The van der Waals surface area contributed by atoms with Crippen LogP contribution in [0.4, 0.5) is 5.82 Å². The first kappa shape index (κ1) is 11.2. The Hall–Kier alpha value is -1.92. The number of nitro groups is 1. The maximum absolute atomic E-state index is 10.9. The number of carboxylic acids is 1. The maximum atomic E-state index is 10.9. The van der Waals surface area contributed by atoms with E-state index < -0.39 is 16.8 Å². The minimum absolute atomic E-state index is 0.113. The van der Waals surface area contributed by atoms with Gasteiger partial charge in [0.05, 0.1) is 17.7 Å². The predicted octanol–water partition coefficient (Wildman–Crippen LogP) is 1.14. The lowest BCUT2D eigenvalue weighted by atomic mass is 9.90. The molecule has 0 aromatic carbocycles. The number of aromatic nitrogens is 2. The summed E-state index contributed by atoms with van der Waals surface area (Å²) in [6.07, 6.45) is 1.19. The number of hydrogen-bond donors (Lipinski definition) is 2. The van der Waals surface area contributed by atoms with Crippen molar-refractivity contribution in [1.82, 2.24) is 10.2 Å². The highest BCUT2D eigenvalue weighted by Crippen LogP contribution is 2.30. The Kier molecular flexibility index (Phi) is 3.03. The van der Waals surface area contributed by atoms with E-state index in [2.05, 4.69) is 10.2 Å². The lowest BCUT2D eigenvalue weighted by Crippen LogP contribution is -2.18. The first-order chi connectivity index (χ1) is 6.95. The van der Waals surface area contributed by atoms with Gasteiger partial charge in [0.15, 0.2) is 0 Å². The van der Waals surface area contributed by atoms with Crippen molar-refractivity contribution in [1.29, 1.82) is 0 Å². The molecule has 0 fully saturated rings. The summed E-state index contributed by atoms with van der Waals surface area (Å²) >= 11 is 0. The normalized spacial score (nSPS) is 12.7. The summed E-state index contributed by atoms with van der Waals surface area (Å²) in [7, 11) is 0. The van der Waals surface area contributed by atoms with E-state index in [0.29, 0.717) is 0 Å². The fourth-order valence-corrected chi connectivity index (χ4v) is 1.44. The van der Waals surface area contributed by atoms with Gasteiger partial charge < -0.3 is 15.2 Å². The van der Waals surface area contributed by atoms with Crippen LogP contribution in [0.3, 0.4) is 0 Å². The number of carboxylic acid groups (broad SMARTS) is 1. The Labute approximate surface area is 85.3 Å². The van der Waals surface area contributed by atoms with Crippen LogP contribution in [-0.2, 0) is 4.79 Å². The fraction of sp³-hybridized carbons (Fsp3) is 0.500. The first-order valence-electron chi connectivity index (χ1n) is 4.35. The zero-order valence-corrected chi connectivity index (χ0v) is 8.30. The second-order valence-electron chi connectivity index (χ2n) is 3.49. The average Bonchev–Trinajstić information content (AvgIpc) is 2.51. The first-order valence-corrected chi connectivity index (χ1v) is 4.35. The molecule has 1 heterocycles. The molecule has 0 radical (unpaired) electrons. The van der Waals surface area contributed by atoms with Crippen LogP contribution >= 0.6 is 0 Å². The molecular formula is C8H11N3O4. The van der Waals surface area contributed by atoms with Gasteiger partial charge in [-0.05, 0) is 10.8 Å². The van der Waals surface area contributed by atoms with Crippen molar-refractivity contribution >= 4 is 11.8 Å². The summed E-state index contributed by atoms with van der Waals surface area (Å²) in [4.78, 5) is 20.9. The number of aromatic amines is 1. The summed E-state index contributed by atoms with van der Waals surface area (Å²) < 4.78 is 0. The standard InChI is InChI=1S/C8H11N3O4/c1-4(2)6(8(12)13)5-3-9-10-7(5)11(14)15/h3-4,6H,1-2H3,(H,9,10)(H,12,13). The number of H-pyrrole nitrogens is 1. The average molecular weight is 213 g/mol. The highest BCUT2D eigenvalue weighted by molar-refractivity contribution is 5.77. The SMILES string of the molecule is CC(C)C(C(=O)O)c1cn[nH]c1[N+](=O)[O-]. The van der Waals surface area contributed by atoms with Crippen molar-refractivity contribution in [3.63, 3.8) is 0 Å². The number of rotatable bonds is 4. The smallest absolute Gasteiger partial charge is 0.346 e. The molecule has 0 saturated heterocycles. The molecule has 0 bridgehead atoms. The van der Waals surface area contributed by atoms with Gasteiger partial charge in [-0.3, -0.25) is 4.79 Å². The summed E-state index contributed by atoms with van der Waals surface area (Å²) in [5.74, 6) is -2.59. The molecule has 0 spiro atoms. The molecule has 0 aliphatic carbocycles. The molecule has 0 saturated carbocycles. The molecular weight excluding hydrogens is 202 g/mol. The molecule has 0 aliphatic rings. The largest absolute Gasteiger partial charge is 0.481 e. The molecule has 1 aromatic rings. The molecule has 7 heteroatoms. The minimum atomic E-state index is -1.09. The molecule has 2 N–H and O–H groups in total. The van der Waals surface area contributed by atoms with Gasteiger partial charge in [0.25, 0.3) is 0 Å². The Bertz CT molecular complexity index is 385. The zero-order chi connectivity index (χ0) is 11.6. The van der Waals surface area contributed by atoms with Gasteiger partial charge >= 0.3 is 11.8 Å². The fourth-order valence-electron chi connectivity index (χ4n) is 1.44. The molecule has 1 atom stereocenters. The van der Waals surface area contributed by atoms with E-state index in [1.165, 1.54) is 6.20 Å². The number of nitrogens with one attached hydrogen (secondary N) is 1. The molecule has 15 heavy (non-hydrogen) atoms. The highest BCUT2D eigenvalue weighted by Gasteiger charge is 2.31. The van der Waals surface area contributed by atoms with Crippen molar-refractivity contribution in [3.8, 4) is 0 Å². The van der Waals surface area contributed by atoms with Gasteiger partial charge in [0.2, 0.25) is 0 Å². The Morgan fingerprint density at radius 3 is 2.67 bits per heavy atom. The number of nitrogens with zero attached hydrogens (tertiary/aromatic N) is 2. The van der Waals surface area contributed by atoms with Crippen LogP contribution < -0.4 is 0 Å². The van der Waals surface area contributed by atoms with Crippen molar-refractivity contribution in [2.45, 2.75) is 19.8 Å². The quantitative estimate of drug-likeness (QED) is 0.575. The van der Waals surface area contributed by atoms with E-state index in [9.17, 15) is 14.9 Å². The van der Waals surface area contributed by atoms with Crippen LogP contribution in [0.2, 0.25) is 0 Å². The van der Waals surface area contributed by atoms with Gasteiger partial charge in [-0.2, -0.15) is 0 Å². The molecule has 1 aromatic heterocycles. The van der Waals surface area contributed by atoms with Crippen LogP contribution in [0.15, 0.2) is 6.20 Å². The summed E-state index contributed by atoms with van der Waals surface area (Å²) in [5, 5.41) is 25.2. The highest BCUT2D eigenvalue weighted by atomic mass is 16.6. The lowest BCUT2D eigenvalue weighted by Gasteiger charge is -2.13. The van der Waals surface area contributed by atoms with Gasteiger partial charge in [0.1, 0.15) is 0 Å². The van der Waals surface area contributed by atoms with Crippen molar-refractivity contribution in [3.05, 3.63) is 21.9 Å². The summed E-state index contributed by atoms with van der Waals surface area (Å²) in [6.45, 7) is 3.38. The van der Waals surface area contributed by atoms with Gasteiger partial charge in [-0.1, -0.05) is 18.9 Å². The zero-order valence-electron chi connectivity index (χ0n) is 8.30. The Morgan fingerprint density at radius 2 is 2.27 bits per heavy atom. The van der Waals surface area contributed by atoms with E-state index >= 15 is 0 Å². The van der Waals surface area contributed by atoms with E-state index in [1.54, 1.807) is 13.8 Å². The topological polar surface area (TPSA) is 109 Å². The van der Waals surface area contributed by atoms with Crippen LogP contribution in [0.5, 0.6) is 0 Å². The predicted molar refractivity (Wildman–Crippen MR) is 50.5 cm³/mol. The summed E-state index contributed by atoms with van der Waals surface area (Å²) in [6, 6.07) is 0. The second-order valence-corrected chi connectivity index (χ2v) is 3.49. The molecule has 0 amide bonds. The maximum Gasteiger partial charge on any atom is 0.346 e. The molecule has 1 unspecified atom stereocenters. The van der Waals surface area contributed by atoms with Crippen LogP contribution in [0.25, 0.3) is 0 Å². The third-order valence-electron chi connectivity index (χ3n) is 2.10. The van der Waals surface area contributed by atoms with Crippen molar-refractivity contribution in [2.24, 2.45) is 5.92 Å². The third-order valence-corrected chi connectivity index (χ3v) is 2.10.